The van der Waals surface area contributed by atoms with Crippen LogP contribution in [0.3, 0.4) is 0 Å². The number of esters is 2. The summed E-state index contributed by atoms with van der Waals surface area (Å²) in [4.78, 5) is 62.4. The molecule has 0 fully saturated rings. The van der Waals surface area contributed by atoms with Crippen LogP contribution >= 0.6 is 7.82 Å². The summed E-state index contributed by atoms with van der Waals surface area (Å²) in [6.45, 7) is 14.1. The van der Waals surface area contributed by atoms with Gasteiger partial charge in [0.25, 0.3) is 0 Å². The first kappa shape index (κ1) is 74.5. The summed E-state index contributed by atoms with van der Waals surface area (Å²) in [6, 6.07) is 0. The molecule has 0 bridgehead atoms. The lowest BCUT2D eigenvalue weighted by Crippen LogP contribution is -2.41. The first-order chi connectivity index (χ1) is 37.9. The second kappa shape index (κ2) is 46.9. The van der Waals surface area contributed by atoms with E-state index >= 15 is 0 Å². The molecule has 15 nitrogen and oxygen atoms in total. The van der Waals surface area contributed by atoms with Crippen molar-refractivity contribution in [2.75, 3.05) is 46.6 Å². The molecule has 0 aromatic rings. The summed E-state index contributed by atoms with van der Waals surface area (Å²) in [7, 11) is -2.97. The Labute approximate surface area is 482 Å². The number of phosphoric acid groups is 1. The van der Waals surface area contributed by atoms with E-state index in [0.717, 1.165) is 44.9 Å². The van der Waals surface area contributed by atoms with E-state index in [2.05, 4.69) is 24.5 Å². The molecule has 0 aliphatic heterocycles. The van der Waals surface area contributed by atoms with Crippen molar-refractivity contribution in [2.45, 2.75) is 316 Å². The largest absolute Gasteiger partial charge is 0.472 e. The first-order valence-electron chi connectivity index (χ1n) is 31.9. The molecule has 0 aromatic carbocycles. The Morgan fingerprint density at radius 3 is 1.59 bits per heavy atom. The van der Waals surface area contributed by atoms with Gasteiger partial charge in [-0.15, -0.1) is 0 Å². The smallest absolute Gasteiger partial charge is 0.462 e. The third kappa shape index (κ3) is 43.8. The van der Waals surface area contributed by atoms with Crippen LogP contribution in [0, 0.1) is 5.41 Å². The average molecular weight is 1140 g/mol. The minimum atomic E-state index is -4.66. The molecule has 464 valence electrons. The van der Waals surface area contributed by atoms with E-state index in [1.807, 2.05) is 46.8 Å². The van der Waals surface area contributed by atoms with Gasteiger partial charge in [-0.25, -0.2) is 9.36 Å². The van der Waals surface area contributed by atoms with E-state index in [1.54, 1.807) is 7.11 Å². The van der Waals surface area contributed by atoms with Crippen molar-refractivity contribution >= 4 is 31.8 Å². The normalized spacial score (nSPS) is 17.1. The number of rotatable bonds is 52. The highest BCUT2D eigenvalue weighted by Gasteiger charge is 2.34. The molecule has 4 atom stereocenters. The van der Waals surface area contributed by atoms with Gasteiger partial charge < -0.3 is 39.2 Å². The molecule has 0 heterocycles. The third-order valence-corrected chi connectivity index (χ3v) is 16.4. The lowest BCUT2D eigenvalue weighted by Gasteiger charge is -2.30. The van der Waals surface area contributed by atoms with E-state index in [1.165, 1.54) is 141 Å². The number of unbranched alkanes of at least 4 members (excludes halogenated alkanes) is 28. The maximum atomic E-state index is 13.4. The van der Waals surface area contributed by atoms with Crippen molar-refractivity contribution in [1.29, 1.82) is 0 Å². The first-order valence-corrected chi connectivity index (χ1v) is 33.4. The SMILES string of the molecule is CCCCCCCCCCCCCCCCCC(=O)OCC(COP(=O)(O)OCCNC(=O)C1(C)CC=CC(OC(=O)NCCC(C)(C)OCCC(C)(C)OC)CCC1)OC(=O)CCCCCCCCCCCCCCCCC. The van der Waals surface area contributed by atoms with Gasteiger partial charge in [-0.1, -0.05) is 207 Å². The van der Waals surface area contributed by atoms with Crippen LogP contribution in [0.5, 0.6) is 0 Å². The number of hydrogen-bond donors (Lipinski definition) is 3. The van der Waals surface area contributed by atoms with E-state index in [0.29, 0.717) is 58.1 Å². The Bertz CT molecular complexity index is 1630. The van der Waals surface area contributed by atoms with E-state index in [4.69, 9.17) is 32.7 Å². The van der Waals surface area contributed by atoms with Crippen LogP contribution in [0.15, 0.2) is 12.2 Å². The monoisotopic (exact) mass is 1140 g/mol. The zero-order chi connectivity index (χ0) is 58.4. The molecule has 1 rings (SSSR count). The molecule has 0 radical (unpaired) electrons. The summed E-state index contributed by atoms with van der Waals surface area (Å²) in [5, 5.41) is 5.64. The number of amides is 2. The minimum Gasteiger partial charge on any atom is -0.462 e. The molecule has 2 amide bonds. The highest BCUT2D eigenvalue weighted by Crippen LogP contribution is 2.43. The van der Waals surface area contributed by atoms with Crippen molar-refractivity contribution in [3.8, 4) is 0 Å². The van der Waals surface area contributed by atoms with Crippen LogP contribution in [-0.2, 0) is 51.7 Å². The number of ether oxygens (including phenoxy) is 5. The number of hydrogen-bond acceptors (Lipinski definition) is 12. The van der Waals surface area contributed by atoms with Crippen molar-refractivity contribution in [1.82, 2.24) is 10.6 Å². The fourth-order valence-corrected chi connectivity index (χ4v) is 10.5. The third-order valence-electron chi connectivity index (χ3n) is 15.5. The Hall–Kier alpha value is -2.55. The van der Waals surface area contributed by atoms with Gasteiger partial charge in [-0.05, 0) is 85.1 Å². The Morgan fingerprint density at radius 1 is 0.620 bits per heavy atom. The average Bonchev–Trinajstić information content (AvgIpc) is 3.39. The van der Waals surface area contributed by atoms with Crippen LogP contribution < -0.4 is 10.6 Å². The maximum Gasteiger partial charge on any atom is 0.472 e. The predicted molar refractivity (Wildman–Crippen MR) is 319 cm³/mol. The fourth-order valence-electron chi connectivity index (χ4n) is 9.72. The van der Waals surface area contributed by atoms with Gasteiger partial charge in [-0.3, -0.25) is 23.4 Å². The number of allylic oxidation sites excluding steroid dienone is 1. The Kier molecular flexibility index (Phi) is 44.2. The molecular weight excluding hydrogens is 1020 g/mol. The fraction of sp³-hybridized carbons (Fsp3) is 0.905. The topological polar surface area (TPSA) is 194 Å². The summed E-state index contributed by atoms with van der Waals surface area (Å²) >= 11 is 0. The number of carbonyl (C=O) groups is 4. The second-order valence-corrected chi connectivity index (χ2v) is 25.5. The van der Waals surface area contributed by atoms with E-state index in [-0.39, 0.29) is 44.1 Å². The molecule has 1 aliphatic carbocycles. The zero-order valence-electron chi connectivity index (χ0n) is 51.7. The number of alkyl carbamates (subject to hydrolysis) is 1. The lowest BCUT2D eigenvalue weighted by molar-refractivity contribution is -0.161. The molecule has 0 saturated heterocycles. The van der Waals surface area contributed by atoms with Crippen LogP contribution in [0.1, 0.15) is 292 Å². The van der Waals surface area contributed by atoms with Gasteiger partial charge in [0.1, 0.15) is 12.7 Å². The molecule has 3 N–H and O–H groups in total. The molecular formula is C63H119N2O13P. The van der Waals surface area contributed by atoms with Crippen molar-refractivity contribution in [3.63, 3.8) is 0 Å². The van der Waals surface area contributed by atoms with Crippen molar-refractivity contribution in [2.24, 2.45) is 5.41 Å². The van der Waals surface area contributed by atoms with Gasteiger partial charge in [0.2, 0.25) is 5.91 Å². The summed E-state index contributed by atoms with van der Waals surface area (Å²) in [6.07, 6.45) is 42.0. The van der Waals surface area contributed by atoms with E-state index < -0.39 is 55.7 Å². The van der Waals surface area contributed by atoms with Gasteiger partial charge >= 0.3 is 25.9 Å². The number of phosphoric ester groups is 1. The van der Waals surface area contributed by atoms with Crippen molar-refractivity contribution < 1.29 is 61.4 Å². The predicted octanol–water partition coefficient (Wildman–Crippen LogP) is 16.4. The number of carbonyl (C=O) groups excluding carboxylic acids is 4. The molecule has 79 heavy (non-hydrogen) atoms. The van der Waals surface area contributed by atoms with Gasteiger partial charge in [0.15, 0.2) is 6.10 Å². The van der Waals surface area contributed by atoms with Crippen LogP contribution in [0.25, 0.3) is 0 Å². The molecule has 0 saturated carbocycles. The quantitative estimate of drug-likeness (QED) is 0.0171. The Morgan fingerprint density at radius 2 is 1.10 bits per heavy atom. The van der Waals surface area contributed by atoms with Crippen LogP contribution in [0.2, 0.25) is 0 Å². The zero-order valence-corrected chi connectivity index (χ0v) is 52.6. The standard InChI is InChI=1S/C63H119N2O13P/c1-9-11-13-15-17-19-21-23-25-27-29-31-33-35-37-43-57(66)73-53-56(77-58(67)44-38-36-34-32-30-28-26-24-22-20-18-16-14-12-10-2)54-76-79(70,71)75-52-50-64-59(68)63(7)45-39-41-55(42-40-46-63)78-60(69)65-49-47-62(5,6)74-51-48-61(3,4)72-8/h39,41,55-56H,9-38,40,42-54H2,1-8H3,(H,64,68)(H,65,69)(H,70,71). The molecule has 0 aromatic heterocycles. The molecule has 1 aliphatic rings. The van der Waals surface area contributed by atoms with Gasteiger partial charge in [0, 0.05) is 38.5 Å². The molecule has 4 unspecified atom stereocenters. The van der Waals surface area contributed by atoms with Crippen LogP contribution in [0.4, 0.5) is 4.79 Å². The lowest BCUT2D eigenvalue weighted by atomic mass is 9.79. The highest BCUT2D eigenvalue weighted by molar-refractivity contribution is 7.47. The van der Waals surface area contributed by atoms with E-state index in [9.17, 15) is 28.6 Å². The van der Waals surface area contributed by atoms with Crippen LogP contribution in [-0.4, -0.2) is 98.9 Å². The Balaban J connectivity index is 2.54. The number of methoxy groups -OCH3 is 1. The maximum absolute atomic E-state index is 13.4. The van der Waals surface area contributed by atoms with Crippen molar-refractivity contribution in [3.05, 3.63) is 12.2 Å². The molecule has 0 spiro atoms. The summed E-state index contributed by atoms with van der Waals surface area (Å²) in [5.41, 5.74) is -1.47. The number of nitrogens with one attached hydrogen (secondary N) is 2. The summed E-state index contributed by atoms with van der Waals surface area (Å²) < 4.78 is 51.8. The minimum absolute atomic E-state index is 0.0560. The van der Waals surface area contributed by atoms with Gasteiger partial charge in [-0.2, -0.15) is 0 Å². The summed E-state index contributed by atoms with van der Waals surface area (Å²) in [5.74, 6) is -1.15. The second-order valence-electron chi connectivity index (χ2n) is 24.1. The highest BCUT2D eigenvalue weighted by atomic mass is 31.2. The van der Waals surface area contributed by atoms with Gasteiger partial charge in [0.05, 0.1) is 31.0 Å². The molecule has 16 heteroatoms.